The lowest BCUT2D eigenvalue weighted by molar-refractivity contribution is -0.132. The smallest absolute Gasteiger partial charge is 0.319 e. The normalized spacial score (nSPS) is 20.3. The van der Waals surface area contributed by atoms with Gasteiger partial charge in [-0.3, -0.25) is 9.69 Å². The number of hydrogen-bond donors (Lipinski definition) is 1. The highest BCUT2D eigenvalue weighted by atomic mass is 79.9. The zero-order chi connectivity index (χ0) is 17.2. The summed E-state index contributed by atoms with van der Waals surface area (Å²) in [5.74, 6) is -0.177. The lowest BCUT2D eigenvalue weighted by Crippen LogP contribution is -2.43. The Bertz CT molecular complexity index is 746. The van der Waals surface area contributed by atoms with Crippen LogP contribution in [-0.4, -0.2) is 16.8 Å². The molecule has 1 fully saturated rings. The van der Waals surface area contributed by atoms with Crippen LogP contribution in [0.5, 0.6) is 0 Å². The lowest BCUT2D eigenvalue weighted by Gasteiger charge is -2.27. The predicted molar refractivity (Wildman–Crippen MR) is 96.3 cm³/mol. The van der Waals surface area contributed by atoms with Gasteiger partial charge in [-0.05, 0) is 29.7 Å². The van der Waals surface area contributed by atoms with E-state index in [1.807, 2.05) is 61.5 Å². The van der Waals surface area contributed by atoms with Gasteiger partial charge in [0.05, 0.1) is 6.54 Å². The molecule has 24 heavy (non-hydrogen) atoms. The van der Waals surface area contributed by atoms with Crippen LogP contribution in [0.4, 0.5) is 4.79 Å². The highest BCUT2D eigenvalue weighted by Crippen LogP contribution is 2.34. The van der Waals surface area contributed by atoms with Crippen LogP contribution in [0.1, 0.15) is 30.9 Å². The number of hydrogen-bond acceptors (Lipinski definition) is 2. The zero-order valence-electron chi connectivity index (χ0n) is 13.5. The van der Waals surface area contributed by atoms with Gasteiger partial charge in [0.25, 0.3) is 5.91 Å². The molecule has 0 aliphatic carbocycles. The first-order valence-corrected chi connectivity index (χ1v) is 8.80. The Morgan fingerprint density at radius 3 is 2.33 bits per heavy atom. The highest BCUT2D eigenvalue weighted by molar-refractivity contribution is 9.10. The van der Waals surface area contributed by atoms with Crippen molar-refractivity contribution in [2.24, 2.45) is 0 Å². The van der Waals surface area contributed by atoms with E-state index in [1.165, 1.54) is 4.90 Å². The summed E-state index contributed by atoms with van der Waals surface area (Å²) in [7, 11) is 0. The maximum atomic E-state index is 13.1. The van der Waals surface area contributed by atoms with E-state index in [2.05, 4.69) is 21.2 Å². The fraction of sp³-hybridized carbons (Fsp3) is 0.263. The van der Waals surface area contributed by atoms with Crippen molar-refractivity contribution in [3.05, 3.63) is 70.2 Å². The minimum absolute atomic E-state index is 0.177. The van der Waals surface area contributed by atoms with Gasteiger partial charge in [-0.15, -0.1) is 0 Å². The molecule has 3 rings (SSSR count). The molecule has 0 radical (unpaired) electrons. The Labute approximate surface area is 150 Å². The van der Waals surface area contributed by atoms with Gasteiger partial charge in [0.15, 0.2) is 0 Å². The number of halogens is 1. The number of carbonyl (C=O) groups is 2. The van der Waals surface area contributed by atoms with E-state index in [-0.39, 0.29) is 18.5 Å². The Kier molecular flexibility index (Phi) is 4.71. The first-order valence-electron chi connectivity index (χ1n) is 8.01. The molecule has 1 heterocycles. The van der Waals surface area contributed by atoms with Gasteiger partial charge in [0.2, 0.25) is 0 Å². The highest BCUT2D eigenvalue weighted by Gasteiger charge is 2.51. The van der Waals surface area contributed by atoms with E-state index >= 15 is 0 Å². The first kappa shape index (κ1) is 16.7. The summed E-state index contributed by atoms with van der Waals surface area (Å²) in [6.07, 6.45) is 1.38. The largest absolute Gasteiger partial charge is 0.325 e. The molecule has 2 aromatic carbocycles. The van der Waals surface area contributed by atoms with E-state index in [9.17, 15) is 9.59 Å². The monoisotopic (exact) mass is 386 g/mol. The number of amides is 3. The maximum Gasteiger partial charge on any atom is 0.325 e. The van der Waals surface area contributed by atoms with Crippen molar-refractivity contribution >= 4 is 27.9 Å². The van der Waals surface area contributed by atoms with Crippen molar-refractivity contribution in [1.29, 1.82) is 0 Å². The molecular weight excluding hydrogens is 368 g/mol. The average molecular weight is 387 g/mol. The average Bonchev–Trinajstić information content (AvgIpc) is 2.83. The van der Waals surface area contributed by atoms with Gasteiger partial charge in [0.1, 0.15) is 5.54 Å². The molecule has 1 unspecified atom stereocenters. The molecule has 0 saturated carbocycles. The van der Waals surface area contributed by atoms with Crippen LogP contribution in [0.25, 0.3) is 0 Å². The molecule has 1 aliphatic heterocycles. The van der Waals surface area contributed by atoms with Gasteiger partial charge in [0, 0.05) is 4.47 Å². The molecular formula is C19H19BrN2O2. The Hall–Kier alpha value is -2.14. The van der Waals surface area contributed by atoms with Crippen molar-refractivity contribution in [3.8, 4) is 0 Å². The summed E-state index contributed by atoms with van der Waals surface area (Å²) in [6.45, 7) is 2.29. The second-order valence-electron chi connectivity index (χ2n) is 5.97. The molecule has 0 bridgehead atoms. The van der Waals surface area contributed by atoms with Gasteiger partial charge >= 0.3 is 6.03 Å². The molecule has 4 nitrogen and oxygen atoms in total. The van der Waals surface area contributed by atoms with Crippen molar-refractivity contribution in [2.75, 3.05) is 0 Å². The Morgan fingerprint density at radius 1 is 1.04 bits per heavy atom. The van der Waals surface area contributed by atoms with Gasteiger partial charge in [-0.25, -0.2) is 4.79 Å². The molecule has 1 N–H and O–H groups in total. The maximum absolute atomic E-state index is 13.1. The first-order chi connectivity index (χ1) is 11.6. The molecule has 2 aromatic rings. The Morgan fingerprint density at radius 2 is 1.71 bits per heavy atom. The van der Waals surface area contributed by atoms with Crippen LogP contribution in [0.15, 0.2) is 59.1 Å². The summed E-state index contributed by atoms with van der Waals surface area (Å²) in [5.41, 5.74) is 0.799. The third-order valence-electron chi connectivity index (χ3n) is 4.32. The summed E-state index contributed by atoms with van der Waals surface area (Å²) >= 11 is 3.39. The summed E-state index contributed by atoms with van der Waals surface area (Å²) in [6, 6.07) is 16.8. The molecule has 0 aromatic heterocycles. The van der Waals surface area contributed by atoms with Crippen LogP contribution in [-0.2, 0) is 16.9 Å². The van der Waals surface area contributed by atoms with Crippen molar-refractivity contribution in [3.63, 3.8) is 0 Å². The fourth-order valence-corrected chi connectivity index (χ4v) is 3.41. The number of rotatable bonds is 5. The van der Waals surface area contributed by atoms with Crippen molar-refractivity contribution in [2.45, 2.75) is 31.8 Å². The molecule has 1 atom stereocenters. The molecule has 124 valence electrons. The number of benzene rings is 2. The van der Waals surface area contributed by atoms with Crippen LogP contribution < -0.4 is 5.32 Å². The topological polar surface area (TPSA) is 49.4 Å². The molecule has 0 spiro atoms. The second-order valence-corrected chi connectivity index (χ2v) is 6.88. The van der Waals surface area contributed by atoms with E-state index in [0.717, 1.165) is 22.0 Å². The molecule has 1 aliphatic rings. The van der Waals surface area contributed by atoms with Crippen LogP contribution >= 0.6 is 15.9 Å². The fourth-order valence-electron chi connectivity index (χ4n) is 3.15. The number of imide groups is 1. The summed E-state index contributed by atoms with van der Waals surface area (Å²) in [4.78, 5) is 26.9. The molecule has 1 saturated heterocycles. The minimum atomic E-state index is -0.956. The second kappa shape index (κ2) is 6.77. The van der Waals surface area contributed by atoms with E-state index in [1.54, 1.807) is 0 Å². The third kappa shape index (κ3) is 2.96. The third-order valence-corrected chi connectivity index (χ3v) is 4.85. The number of urea groups is 1. The predicted octanol–water partition coefficient (Wildman–Crippen LogP) is 4.20. The number of nitrogens with zero attached hydrogens (tertiary/aromatic N) is 1. The molecule has 5 heteroatoms. The van der Waals surface area contributed by atoms with Crippen molar-refractivity contribution < 1.29 is 9.59 Å². The van der Waals surface area contributed by atoms with Crippen LogP contribution in [0.2, 0.25) is 0 Å². The number of carbonyl (C=O) groups excluding carboxylic acids is 2. The van der Waals surface area contributed by atoms with E-state index < -0.39 is 5.54 Å². The van der Waals surface area contributed by atoms with E-state index in [4.69, 9.17) is 0 Å². The summed E-state index contributed by atoms with van der Waals surface area (Å²) < 4.78 is 0.966. The quantitative estimate of drug-likeness (QED) is 0.782. The van der Waals surface area contributed by atoms with Gasteiger partial charge < -0.3 is 5.32 Å². The summed E-state index contributed by atoms with van der Waals surface area (Å²) in [5, 5.41) is 2.94. The van der Waals surface area contributed by atoms with Crippen LogP contribution in [0, 0.1) is 0 Å². The molecule has 3 amide bonds. The lowest BCUT2D eigenvalue weighted by atomic mass is 9.85. The van der Waals surface area contributed by atoms with E-state index in [0.29, 0.717) is 6.42 Å². The Balaban J connectivity index is 1.92. The van der Waals surface area contributed by atoms with Gasteiger partial charge in [-0.2, -0.15) is 0 Å². The SMILES string of the molecule is CCCC1(c2ccccc2)NC(=O)N(Cc2ccc(Br)cc2)C1=O. The van der Waals surface area contributed by atoms with Crippen LogP contribution in [0.3, 0.4) is 0 Å². The minimum Gasteiger partial charge on any atom is -0.319 e. The zero-order valence-corrected chi connectivity index (χ0v) is 15.0. The van der Waals surface area contributed by atoms with Gasteiger partial charge in [-0.1, -0.05) is 71.7 Å². The standard InChI is InChI=1S/C19H19BrN2O2/c1-2-12-19(15-6-4-3-5-7-15)17(23)22(18(24)21-19)13-14-8-10-16(20)11-9-14/h3-11H,2,12-13H2,1H3,(H,21,24). The van der Waals surface area contributed by atoms with Crippen molar-refractivity contribution in [1.82, 2.24) is 10.2 Å². The number of nitrogens with one attached hydrogen (secondary N) is 1.